The van der Waals surface area contributed by atoms with E-state index in [4.69, 9.17) is 10.8 Å². The minimum atomic E-state index is -1.73. The van der Waals surface area contributed by atoms with E-state index in [1.54, 1.807) is 0 Å². The molecule has 0 aromatic carbocycles. The molecule has 0 aliphatic rings. The number of hydrogen-bond donors (Lipinski definition) is 2. The number of ketones is 1. The molecule has 4 heteroatoms. The number of aliphatic carboxylic acids is 1. The molecule has 0 saturated heterocycles. The van der Waals surface area contributed by atoms with Crippen molar-refractivity contribution in [2.75, 3.05) is 0 Å². The number of nitrogens with two attached hydrogens (primary N) is 1. The highest BCUT2D eigenvalue weighted by molar-refractivity contribution is 6.06. The van der Waals surface area contributed by atoms with Crippen molar-refractivity contribution in [2.45, 2.75) is 109 Å². The third-order valence-corrected chi connectivity index (χ3v) is 4.53. The Morgan fingerprint density at radius 2 is 1.13 bits per heavy atom. The van der Waals surface area contributed by atoms with Crippen molar-refractivity contribution in [3.63, 3.8) is 0 Å². The second-order valence-electron chi connectivity index (χ2n) is 6.92. The topological polar surface area (TPSA) is 80.4 Å². The molecule has 0 aromatic heterocycles. The van der Waals surface area contributed by atoms with Gasteiger partial charge in [-0.3, -0.25) is 4.79 Å². The predicted molar refractivity (Wildman–Crippen MR) is 95.5 cm³/mol. The van der Waals surface area contributed by atoms with Gasteiger partial charge in [0.05, 0.1) is 0 Å². The largest absolute Gasteiger partial charge is 0.480 e. The Kier molecular flexibility index (Phi) is 13.0. The van der Waals surface area contributed by atoms with Gasteiger partial charge in [-0.05, 0) is 13.3 Å². The SMILES string of the molecule is CCCCCCCCCCCCCCCC(=O)C(C)(N)C(=O)O. The zero-order valence-electron chi connectivity index (χ0n) is 15.2. The zero-order valence-corrected chi connectivity index (χ0v) is 15.2. The van der Waals surface area contributed by atoms with E-state index < -0.39 is 11.5 Å². The first-order valence-corrected chi connectivity index (χ1v) is 9.48. The van der Waals surface area contributed by atoms with E-state index in [1.165, 1.54) is 71.1 Å². The summed E-state index contributed by atoms with van der Waals surface area (Å²) in [5.41, 5.74) is 3.78. The van der Waals surface area contributed by atoms with Crippen LogP contribution in [-0.4, -0.2) is 22.4 Å². The van der Waals surface area contributed by atoms with Gasteiger partial charge in [0.15, 0.2) is 11.3 Å². The summed E-state index contributed by atoms with van der Waals surface area (Å²) in [7, 11) is 0. The lowest BCUT2D eigenvalue weighted by atomic mass is 9.93. The minimum absolute atomic E-state index is 0.275. The molecule has 0 aliphatic carbocycles. The molecule has 3 N–H and O–H groups in total. The summed E-state index contributed by atoms with van der Waals surface area (Å²) in [6.07, 6.45) is 16.5. The summed E-state index contributed by atoms with van der Waals surface area (Å²) < 4.78 is 0. The van der Waals surface area contributed by atoms with Crippen molar-refractivity contribution in [2.24, 2.45) is 5.73 Å². The molecule has 0 bridgehead atoms. The number of carboxylic acids is 1. The maximum absolute atomic E-state index is 11.7. The van der Waals surface area contributed by atoms with Crippen LogP contribution in [0.4, 0.5) is 0 Å². The molecule has 0 spiro atoms. The second kappa shape index (κ2) is 13.5. The van der Waals surface area contributed by atoms with Crippen LogP contribution in [0.3, 0.4) is 0 Å². The van der Waals surface area contributed by atoms with Crippen LogP contribution in [0.25, 0.3) is 0 Å². The number of unbranched alkanes of at least 4 members (excludes halogenated alkanes) is 12. The molecule has 0 amide bonds. The number of Topliss-reactive ketones (excluding diaryl/α,β-unsaturated/α-hetero) is 1. The highest BCUT2D eigenvalue weighted by Gasteiger charge is 2.35. The lowest BCUT2D eigenvalue weighted by molar-refractivity contribution is -0.147. The summed E-state index contributed by atoms with van der Waals surface area (Å²) in [5.74, 6) is -1.61. The highest BCUT2D eigenvalue weighted by atomic mass is 16.4. The predicted octanol–water partition coefficient (Wildman–Crippen LogP) is 4.84. The number of rotatable bonds is 16. The summed E-state index contributed by atoms with van der Waals surface area (Å²) in [6, 6.07) is 0. The molecule has 0 heterocycles. The Morgan fingerprint density at radius 1 is 0.783 bits per heavy atom. The fourth-order valence-corrected chi connectivity index (χ4v) is 2.68. The van der Waals surface area contributed by atoms with Crippen LogP contribution < -0.4 is 5.73 Å². The molecule has 0 saturated carbocycles. The average molecular weight is 328 g/mol. The van der Waals surface area contributed by atoms with Gasteiger partial charge in [-0.15, -0.1) is 0 Å². The van der Waals surface area contributed by atoms with E-state index in [1.807, 2.05) is 0 Å². The van der Waals surface area contributed by atoms with Crippen molar-refractivity contribution in [1.82, 2.24) is 0 Å². The van der Waals surface area contributed by atoms with Gasteiger partial charge in [0.1, 0.15) is 0 Å². The summed E-state index contributed by atoms with van der Waals surface area (Å²) >= 11 is 0. The molecule has 23 heavy (non-hydrogen) atoms. The van der Waals surface area contributed by atoms with E-state index >= 15 is 0 Å². The van der Waals surface area contributed by atoms with Crippen molar-refractivity contribution >= 4 is 11.8 Å². The zero-order chi connectivity index (χ0) is 17.6. The Balaban J connectivity index is 3.34. The fourth-order valence-electron chi connectivity index (χ4n) is 2.68. The van der Waals surface area contributed by atoms with E-state index in [2.05, 4.69) is 6.92 Å². The van der Waals surface area contributed by atoms with Crippen molar-refractivity contribution in [1.29, 1.82) is 0 Å². The van der Waals surface area contributed by atoms with Gasteiger partial charge < -0.3 is 10.8 Å². The van der Waals surface area contributed by atoms with Crippen LogP contribution in [0.2, 0.25) is 0 Å². The first kappa shape index (κ1) is 22.1. The first-order chi connectivity index (χ1) is 10.9. The molecule has 0 aliphatic heterocycles. The van der Waals surface area contributed by atoms with Gasteiger partial charge in [-0.25, -0.2) is 4.79 Å². The lowest BCUT2D eigenvalue weighted by Crippen LogP contribution is -2.52. The van der Waals surface area contributed by atoms with Gasteiger partial charge in [0.2, 0.25) is 0 Å². The Morgan fingerprint density at radius 3 is 1.48 bits per heavy atom. The smallest absolute Gasteiger partial charge is 0.331 e. The Labute approximate surface area is 142 Å². The van der Waals surface area contributed by atoms with Gasteiger partial charge in [0.25, 0.3) is 0 Å². The number of carboxylic acid groups (broad SMARTS) is 1. The number of hydrogen-bond acceptors (Lipinski definition) is 3. The van der Waals surface area contributed by atoms with Crippen molar-refractivity contribution in [3.05, 3.63) is 0 Å². The number of carbonyl (C=O) groups is 2. The lowest BCUT2D eigenvalue weighted by Gasteiger charge is -2.17. The normalized spacial score (nSPS) is 13.7. The van der Waals surface area contributed by atoms with Crippen LogP contribution in [0, 0.1) is 0 Å². The van der Waals surface area contributed by atoms with Crippen LogP contribution in [0.15, 0.2) is 0 Å². The second-order valence-corrected chi connectivity index (χ2v) is 6.92. The van der Waals surface area contributed by atoms with Gasteiger partial charge in [0, 0.05) is 6.42 Å². The first-order valence-electron chi connectivity index (χ1n) is 9.48. The Bertz CT molecular complexity index is 327. The molecule has 0 fully saturated rings. The standard InChI is InChI=1S/C19H37NO3/c1-3-4-5-6-7-8-9-10-11-12-13-14-15-16-17(21)19(2,20)18(22)23/h3-16,20H2,1-2H3,(H,22,23). The van der Waals surface area contributed by atoms with Gasteiger partial charge in [-0.2, -0.15) is 0 Å². The Hall–Kier alpha value is -0.900. The van der Waals surface area contributed by atoms with E-state index in [9.17, 15) is 9.59 Å². The molecule has 1 atom stereocenters. The van der Waals surface area contributed by atoms with Crippen LogP contribution in [0.1, 0.15) is 104 Å². The van der Waals surface area contributed by atoms with Crippen LogP contribution in [-0.2, 0) is 9.59 Å². The summed E-state index contributed by atoms with van der Waals surface area (Å²) in [4.78, 5) is 22.6. The van der Waals surface area contributed by atoms with E-state index in [-0.39, 0.29) is 12.2 Å². The minimum Gasteiger partial charge on any atom is -0.480 e. The van der Waals surface area contributed by atoms with E-state index in [0.29, 0.717) is 0 Å². The van der Waals surface area contributed by atoms with Crippen molar-refractivity contribution < 1.29 is 14.7 Å². The third kappa shape index (κ3) is 11.3. The van der Waals surface area contributed by atoms with Crippen LogP contribution >= 0.6 is 0 Å². The third-order valence-electron chi connectivity index (χ3n) is 4.53. The molecular weight excluding hydrogens is 290 g/mol. The molecule has 0 radical (unpaired) electrons. The maximum Gasteiger partial charge on any atom is 0.331 e. The summed E-state index contributed by atoms with van der Waals surface area (Å²) in [6.45, 7) is 3.52. The van der Waals surface area contributed by atoms with Gasteiger partial charge in [-0.1, -0.05) is 84.0 Å². The number of carbonyl (C=O) groups excluding carboxylic acids is 1. The molecule has 1 unspecified atom stereocenters. The molecule has 4 nitrogen and oxygen atoms in total. The maximum atomic E-state index is 11.7. The molecule has 0 aromatic rings. The molecule has 136 valence electrons. The average Bonchev–Trinajstić information content (AvgIpc) is 2.51. The fraction of sp³-hybridized carbons (Fsp3) is 0.895. The molecule has 0 rings (SSSR count). The molecular formula is C19H37NO3. The van der Waals surface area contributed by atoms with E-state index in [0.717, 1.165) is 19.3 Å². The van der Waals surface area contributed by atoms with Gasteiger partial charge >= 0.3 is 5.97 Å². The highest BCUT2D eigenvalue weighted by Crippen LogP contribution is 2.14. The van der Waals surface area contributed by atoms with Crippen LogP contribution in [0.5, 0.6) is 0 Å². The van der Waals surface area contributed by atoms with Crippen molar-refractivity contribution in [3.8, 4) is 0 Å². The monoisotopic (exact) mass is 327 g/mol. The quantitative estimate of drug-likeness (QED) is 0.314. The summed E-state index contributed by atoms with van der Waals surface area (Å²) in [5, 5.41) is 8.87.